The first kappa shape index (κ1) is 16.7. The summed E-state index contributed by atoms with van der Waals surface area (Å²) in [6.07, 6.45) is 1.20. The number of nitrogens with two attached hydrogens (primary N) is 1. The van der Waals surface area contributed by atoms with E-state index in [1.54, 1.807) is 13.8 Å². The van der Waals surface area contributed by atoms with Crippen molar-refractivity contribution in [1.29, 1.82) is 0 Å². The van der Waals surface area contributed by atoms with Crippen LogP contribution >= 0.6 is 0 Å². The van der Waals surface area contributed by atoms with Crippen LogP contribution < -0.4 is 15.8 Å². The fourth-order valence-electron chi connectivity index (χ4n) is 1.46. The summed E-state index contributed by atoms with van der Waals surface area (Å²) >= 11 is 0. The van der Waals surface area contributed by atoms with Crippen LogP contribution in [-0.2, 0) is 21.4 Å². The number of urea groups is 1. The van der Waals surface area contributed by atoms with Crippen LogP contribution in [0.5, 0.6) is 0 Å². The summed E-state index contributed by atoms with van der Waals surface area (Å²) in [4.78, 5) is 22.0. The van der Waals surface area contributed by atoms with Gasteiger partial charge >= 0.3 is 6.03 Å². The number of benzene rings is 1. The molecular weight excluding hydrogens is 294 g/mol. The first-order valence-electron chi connectivity index (χ1n) is 6.04. The number of carbonyl (C=O) groups is 2. The topological polar surface area (TPSA) is 118 Å². The molecule has 0 spiro atoms. The molecule has 0 unspecified atom stereocenters. The van der Waals surface area contributed by atoms with E-state index < -0.39 is 22.0 Å². The van der Waals surface area contributed by atoms with Crippen LogP contribution in [0.1, 0.15) is 19.4 Å². The Balaban J connectivity index is 2.82. The lowest BCUT2D eigenvalue weighted by molar-refractivity contribution is -0.114. The van der Waals surface area contributed by atoms with Crippen LogP contribution in [0.2, 0.25) is 0 Å². The molecule has 1 rings (SSSR count). The second-order valence-corrected chi connectivity index (χ2v) is 6.24. The molecule has 7 nitrogen and oxygen atoms in total. The van der Waals surface area contributed by atoms with Gasteiger partial charge in [-0.15, -0.1) is 0 Å². The maximum absolute atomic E-state index is 12.0. The van der Waals surface area contributed by atoms with Crippen LogP contribution in [0.4, 0.5) is 4.79 Å². The van der Waals surface area contributed by atoms with Crippen molar-refractivity contribution in [3.63, 3.8) is 0 Å². The zero-order valence-electron chi connectivity index (χ0n) is 11.7. The number of allylic oxidation sites excluding steroid dienone is 1. The van der Waals surface area contributed by atoms with Gasteiger partial charge in [0.15, 0.2) is 0 Å². The number of hydrogen-bond acceptors (Lipinski definition) is 4. The van der Waals surface area contributed by atoms with E-state index in [-0.39, 0.29) is 11.4 Å². The Morgan fingerprint density at radius 3 is 2.24 bits per heavy atom. The van der Waals surface area contributed by atoms with Crippen molar-refractivity contribution in [1.82, 2.24) is 10.0 Å². The number of rotatable bonds is 5. The predicted molar refractivity (Wildman–Crippen MR) is 77.6 cm³/mol. The zero-order valence-corrected chi connectivity index (χ0v) is 12.5. The van der Waals surface area contributed by atoms with Crippen LogP contribution in [0.25, 0.3) is 0 Å². The van der Waals surface area contributed by atoms with Crippen molar-refractivity contribution < 1.29 is 18.0 Å². The molecule has 0 bridgehead atoms. The van der Waals surface area contributed by atoms with Gasteiger partial charge in [0.1, 0.15) is 0 Å². The molecule has 1 aromatic carbocycles. The highest BCUT2D eigenvalue weighted by molar-refractivity contribution is 7.90. The van der Waals surface area contributed by atoms with Gasteiger partial charge in [-0.1, -0.05) is 17.7 Å². The van der Waals surface area contributed by atoms with Gasteiger partial charge < -0.3 is 11.1 Å². The SMILES string of the molecule is CC(C)=CC(=O)NS(=O)(=O)c1ccc(CNC(N)=O)cc1. The highest BCUT2D eigenvalue weighted by Gasteiger charge is 2.16. The number of primary amides is 1. The van der Waals surface area contributed by atoms with E-state index >= 15 is 0 Å². The van der Waals surface area contributed by atoms with Crippen molar-refractivity contribution in [2.75, 3.05) is 0 Å². The molecule has 1 aromatic rings. The van der Waals surface area contributed by atoms with E-state index in [1.807, 2.05) is 4.72 Å². The number of nitrogens with one attached hydrogen (secondary N) is 2. The lowest BCUT2D eigenvalue weighted by atomic mass is 10.2. The van der Waals surface area contributed by atoms with E-state index in [0.29, 0.717) is 11.1 Å². The van der Waals surface area contributed by atoms with Gasteiger partial charge in [0.25, 0.3) is 15.9 Å². The third-order valence-corrected chi connectivity index (χ3v) is 3.72. The summed E-state index contributed by atoms with van der Waals surface area (Å²) in [6.45, 7) is 3.57. The first-order valence-corrected chi connectivity index (χ1v) is 7.53. The van der Waals surface area contributed by atoms with E-state index in [1.165, 1.54) is 30.3 Å². The summed E-state index contributed by atoms with van der Waals surface area (Å²) < 4.78 is 25.8. The second kappa shape index (κ2) is 6.89. The summed E-state index contributed by atoms with van der Waals surface area (Å²) in [5.41, 5.74) is 6.31. The van der Waals surface area contributed by atoms with Crippen LogP contribution in [0.3, 0.4) is 0 Å². The standard InChI is InChI=1S/C13H17N3O4S/c1-9(2)7-12(17)16-21(19,20)11-5-3-10(4-6-11)8-15-13(14)18/h3-7H,8H2,1-2H3,(H,16,17)(H3,14,15,18). The van der Waals surface area contributed by atoms with Crippen molar-refractivity contribution in [3.8, 4) is 0 Å². The molecule has 114 valence electrons. The highest BCUT2D eigenvalue weighted by atomic mass is 32.2. The normalized spacial score (nSPS) is 10.6. The smallest absolute Gasteiger partial charge is 0.312 e. The van der Waals surface area contributed by atoms with E-state index in [2.05, 4.69) is 5.32 Å². The van der Waals surface area contributed by atoms with Gasteiger partial charge in [-0.3, -0.25) is 4.79 Å². The molecule has 0 aromatic heterocycles. The third-order valence-electron chi connectivity index (χ3n) is 2.36. The minimum atomic E-state index is -3.91. The summed E-state index contributed by atoms with van der Waals surface area (Å²) in [5.74, 6) is -0.700. The van der Waals surface area contributed by atoms with Gasteiger partial charge in [-0.25, -0.2) is 17.9 Å². The monoisotopic (exact) mass is 311 g/mol. The van der Waals surface area contributed by atoms with Crippen molar-refractivity contribution in [2.45, 2.75) is 25.3 Å². The largest absolute Gasteiger partial charge is 0.352 e. The molecule has 8 heteroatoms. The van der Waals surface area contributed by atoms with E-state index in [9.17, 15) is 18.0 Å². The van der Waals surface area contributed by atoms with Crippen molar-refractivity contribution in [2.24, 2.45) is 5.73 Å². The van der Waals surface area contributed by atoms with E-state index in [0.717, 1.165) is 0 Å². The fraction of sp³-hybridized carbons (Fsp3) is 0.231. The molecule has 0 saturated heterocycles. The Morgan fingerprint density at radius 2 is 1.76 bits per heavy atom. The van der Waals surface area contributed by atoms with Crippen LogP contribution in [0, 0.1) is 0 Å². The van der Waals surface area contributed by atoms with Crippen LogP contribution in [-0.4, -0.2) is 20.4 Å². The Hall–Kier alpha value is -2.35. The molecule has 0 heterocycles. The molecule has 0 aliphatic carbocycles. The zero-order chi connectivity index (χ0) is 16.0. The Labute approximate surface area is 123 Å². The lowest BCUT2D eigenvalue weighted by Crippen LogP contribution is -2.29. The second-order valence-electron chi connectivity index (χ2n) is 4.55. The van der Waals surface area contributed by atoms with Gasteiger partial charge in [-0.05, 0) is 31.5 Å². The molecule has 0 aliphatic heterocycles. The minimum absolute atomic E-state index is 0.0409. The molecule has 4 N–H and O–H groups in total. The van der Waals surface area contributed by atoms with Gasteiger partial charge in [0.2, 0.25) is 0 Å². The summed E-state index contributed by atoms with van der Waals surface area (Å²) in [5, 5.41) is 2.39. The van der Waals surface area contributed by atoms with Crippen LogP contribution in [0.15, 0.2) is 40.8 Å². The maximum atomic E-state index is 12.0. The average Bonchev–Trinajstić information content (AvgIpc) is 2.35. The average molecular weight is 311 g/mol. The summed E-state index contributed by atoms with van der Waals surface area (Å²) in [7, 11) is -3.91. The van der Waals surface area contributed by atoms with Crippen molar-refractivity contribution in [3.05, 3.63) is 41.5 Å². The number of hydrogen-bond donors (Lipinski definition) is 3. The number of amides is 3. The predicted octanol–water partition coefficient (Wildman–Crippen LogP) is 0.626. The molecular formula is C13H17N3O4S. The number of carbonyl (C=O) groups excluding carboxylic acids is 2. The van der Waals surface area contributed by atoms with Gasteiger partial charge in [0.05, 0.1) is 4.90 Å². The molecule has 0 fully saturated rings. The Bertz CT molecular complexity index is 659. The maximum Gasteiger partial charge on any atom is 0.312 e. The Kier molecular flexibility index (Phi) is 5.48. The van der Waals surface area contributed by atoms with Gasteiger partial charge in [-0.2, -0.15) is 0 Å². The quantitative estimate of drug-likeness (QED) is 0.691. The highest BCUT2D eigenvalue weighted by Crippen LogP contribution is 2.10. The first-order chi connectivity index (χ1) is 9.70. The lowest BCUT2D eigenvalue weighted by Gasteiger charge is -2.07. The molecule has 0 saturated carbocycles. The molecule has 0 atom stereocenters. The minimum Gasteiger partial charge on any atom is -0.352 e. The molecule has 0 aliphatic rings. The molecule has 21 heavy (non-hydrogen) atoms. The summed E-state index contributed by atoms with van der Waals surface area (Å²) in [6, 6.07) is 5.07. The third kappa shape index (κ3) is 5.65. The Morgan fingerprint density at radius 1 is 1.19 bits per heavy atom. The molecule has 0 radical (unpaired) electrons. The molecule has 3 amide bonds. The number of sulfonamides is 1. The fourth-order valence-corrected chi connectivity index (χ4v) is 2.39. The van der Waals surface area contributed by atoms with Gasteiger partial charge in [0, 0.05) is 12.6 Å². The van der Waals surface area contributed by atoms with E-state index in [4.69, 9.17) is 5.73 Å². The van der Waals surface area contributed by atoms with Crippen molar-refractivity contribution >= 4 is 22.0 Å².